The first kappa shape index (κ1) is 10.9. The number of aliphatic hydroxyl groups excluding tert-OH is 1. The molecule has 7 heteroatoms. The summed E-state index contributed by atoms with van der Waals surface area (Å²) in [6, 6.07) is 0. The second-order valence-corrected chi connectivity index (χ2v) is 2.74. The van der Waals surface area contributed by atoms with Gasteiger partial charge in [-0.05, 0) is 16.8 Å². The Labute approximate surface area is 82.1 Å². The van der Waals surface area contributed by atoms with Crippen molar-refractivity contribution in [3.63, 3.8) is 0 Å². The van der Waals surface area contributed by atoms with E-state index in [4.69, 9.17) is 9.84 Å². The predicted molar refractivity (Wildman–Crippen MR) is 49.8 cm³/mol. The van der Waals surface area contributed by atoms with Crippen LogP contribution in [0, 0.1) is 0 Å². The molecule has 80 valence electrons. The van der Waals surface area contributed by atoms with Gasteiger partial charge in [0.15, 0.2) is 0 Å². The maximum atomic E-state index is 8.44. The van der Waals surface area contributed by atoms with E-state index in [0.29, 0.717) is 19.2 Å². The van der Waals surface area contributed by atoms with E-state index in [9.17, 15) is 0 Å². The molecule has 0 aromatic carbocycles. The molecule has 1 aromatic heterocycles. The minimum Gasteiger partial charge on any atom is -0.394 e. The molecule has 14 heavy (non-hydrogen) atoms. The second kappa shape index (κ2) is 6.28. The Morgan fingerprint density at radius 3 is 3.00 bits per heavy atom. The summed E-state index contributed by atoms with van der Waals surface area (Å²) in [6.45, 7) is 1.84. The zero-order chi connectivity index (χ0) is 10.2. The summed E-state index contributed by atoms with van der Waals surface area (Å²) in [4.78, 5) is 0. The van der Waals surface area contributed by atoms with E-state index >= 15 is 0 Å². The van der Waals surface area contributed by atoms with Crippen molar-refractivity contribution in [3.05, 3.63) is 0 Å². The number of hydrogen-bond donors (Lipinski definition) is 2. The van der Waals surface area contributed by atoms with Crippen molar-refractivity contribution in [2.45, 2.75) is 6.42 Å². The first-order valence-corrected chi connectivity index (χ1v) is 4.49. The van der Waals surface area contributed by atoms with Crippen LogP contribution >= 0.6 is 0 Å². The lowest BCUT2D eigenvalue weighted by Crippen LogP contribution is -2.10. The van der Waals surface area contributed by atoms with Crippen molar-refractivity contribution in [1.82, 2.24) is 20.2 Å². The van der Waals surface area contributed by atoms with Crippen LogP contribution in [0.25, 0.3) is 0 Å². The molecule has 1 heterocycles. The van der Waals surface area contributed by atoms with E-state index in [1.807, 2.05) is 0 Å². The van der Waals surface area contributed by atoms with Crippen LogP contribution in [0.1, 0.15) is 6.42 Å². The van der Waals surface area contributed by atoms with Gasteiger partial charge in [-0.1, -0.05) is 5.10 Å². The number of nitrogens with one attached hydrogen (secondary N) is 1. The molecule has 0 fully saturated rings. The number of ether oxygens (including phenoxy) is 1. The van der Waals surface area contributed by atoms with E-state index in [1.165, 1.54) is 0 Å². The van der Waals surface area contributed by atoms with Crippen LogP contribution in [-0.4, -0.2) is 51.7 Å². The van der Waals surface area contributed by atoms with Crippen LogP contribution in [0.5, 0.6) is 0 Å². The smallest absolute Gasteiger partial charge is 0.242 e. The van der Waals surface area contributed by atoms with Crippen LogP contribution < -0.4 is 5.32 Å². The number of rotatable bonds is 7. The van der Waals surface area contributed by atoms with Gasteiger partial charge in [0.2, 0.25) is 5.95 Å². The average molecular weight is 201 g/mol. The molecule has 7 nitrogen and oxygen atoms in total. The van der Waals surface area contributed by atoms with Gasteiger partial charge < -0.3 is 15.2 Å². The Bertz CT molecular complexity index is 252. The van der Waals surface area contributed by atoms with Crippen molar-refractivity contribution < 1.29 is 9.84 Å². The highest BCUT2D eigenvalue weighted by molar-refractivity contribution is 5.20. The average Bonchev–Trinajstić information content (AvgIpc) is 2.58. The third-order valence-electron chi connectivity index (χ3n) is 1.60. The number of aryl methyl sites for hydroxylation is 1. The van der Waals surface area contributed by atoms with Crippen molar-refractivity contribution in [3.8, 4) is 0 Å². The molecule has 0 saturated heterocycles. The number of hydrogen-bond acceptors (Lipinski definition) is 6. The fraction of sp³-hybridized carbons (Fsp3) is 0.857. The summed E-state index contributed by atoms with van der Waals surface area (Å²) in [6.07, 6.45) is 0.854. The normalized spacial score (nSPS) is 10.4. The van der Waals surface area contributed by atoms with Crippen LogP contribution in [0.2, 0.25) is 0 Å². The first-order chi connectivity index (χ1) is 6.84. The lowest BCUT2D eigenvalue weighted by atomic mass is 10.4. The molecule has 0 radical (unpaired) electrons. The summed E-state index contributed by atoms with van der Waals surface area (Å²) in [5, 5.41) is 22.4. The van der Waals surface area contributed by atoms with E-state index < -0.39 is 0 Å². The lowest BCUT2D eigenvalue weighted by Gasteiger charge is -2.04. The van der Waals surface area contributed by atoms with Gasteiger partial charge in [0.1, 0.15) is 0 Å². The van der Waals surface area contributed by atoms with E-state index in [-0.39, 0.29) is 6.61 Å². The third-order valence-corrected chi connectivity index (χ3v) is 1.60. The molecule has 0 spiro atoms. The molecule has 0 aliphatic carbocycles. The number of anilines is 1. The zero-order valence-electron chi connectivity index (χ0n) is 8.18. The van der Waals surface area contributed by atoms with Crippen LogP contribution in [0.15, 0.2) is 0 Å². The highest BCUT2D eigenvalue weighted by Gasteiger charge is 1.98. The fourth-order valence-electron chi connectivity index (χ4n) is 0.920. The van der Waals surface area contributed by atoms with Gasteiger partial charge in [0.05, 0.1) is 13.2 Å². The SMILES string of the molecule is Cn1nnnc1NCCCOCCO. The fourth-order valence-corrected chi connectivity index (χ4v) is 0.920. The molecule has 1 rings (SSSR count). The van der Waals surface area contributed by atoms with Crippen LogP contribution in [-0.2, 0) is 11.8 Å². The minimum absolute atomic E-state index is 0.0701. The Morgan fingerprint density at radius 2 is 2.36 bits per heavy atom. The predicted octanol–water partition coefficient (Wildman–Crippen LogP) is -0.979. The molecule has 0 aliphatic rings. The molecule has 0 unspecified atom stereocenters. The molecular weight excluding hydrogens is 186 g/mol. The standard InChI is InChI=1S/C7H15N5O2/c1-12-7(9-10-11-12)8-3-2-5-14-6-4-13/h13H,2-6H2,1H3,(H,8,9,11). The van der Waals surface area contributed by atoms with Crippen molar-refractivity contribution in [1.29, 1.82) is 0 Å². The van der Waals surface area contributed by atoms with Gasteiger partial charge >= 0.3 is 0 Å². The van der Waals surface area contributed by atoms with Gasteiger partial charge in [-0.3, -0.25) is 0 Å². The number of aromatic nitrogens is 4. The van der Waals surface area contributed by atoms with Crippen molar-refractivity contribution >= 4 is 5.95 Å². The molecule has 1 aromatic rings. The molecule has 0 bridgehead atoms. The van der Waals surface area contributed by atoms with Gasteiger partial charge in [0, 0.05) is 20.2 Å². The maximum Gasteiger partial charge on any atom is 0.242 e. The Morgan fingerprint density at radius 1 is 1.50 bits per heavy atom. The third kappa shape index (κ3) is 3.67. The number of nitrogens with zero attached hydrogens (tertiary/aromatic N) is 4. The largest absolute Gasteiger partial charge is 0.394 e. The zero-order valence-corrected chi connectivity index (χ0v) is 8.18. The molecular formula is C7H15N5O2. The molecule has 0 atom stereocenters. The van der Waals surface area contributed by atoms with Gasteiger partial charge in [-0.2, -0.15) is 0 Å². The van der Waals surface area contributed by atoms with Crippen molar-refractivity contribution in [2.24, 2.45) is 7.05 Å². The highest BCUT2D eigenvalue weighted by atomic mass is 16.5. The molecule has 2 N–H and O–H groups in total. The number of tetrazole rings is 1. The van der Waals surface area contributed by atoms with Crippen molar-refractivity contribution in [2.75, 3.05) is 31.7 Å². The monoisotopic (exact) mass is 201 g/mol. The molecule has 0 saturated carbocycles. The number of aliphatic hydroxyl groups is 1. The van der Waals surface area contributed by atoms with Gasteiger partial charge in [-0.15, -0.1) is 0 Å². The Kier molecular flexibility index (Phi) is 4.87. The summed E-state index contributed by atoms with van der Waals surface area (Å²) in [7, 11) is 1.77. The van der Waals surface area contributed by atoms with Gasteiger partial charge in [0.25, 0.3) is 0 Å². The Hall–Kier alpha value is -1.21. The quantitative estimate of drug-likeness (QED) is 0.552. The van der Waals surface area contributed by atoms with Gasteiger partial charge in [-0.25, -0.2) is 4.68 Å². The highest BCUT2D eigenvalue weighted by Crippen LogP contribution is 1.95. The molecule has 0 amide bonds. The minimum atomic E-state index is 0.0701. The van der Waals surface area contributed by atoms with E-state index in [1.54, 1.807) is 11.7 Å². The van der Waals surface area contributed by atoms with Crippen LogP contribution in [0.3, 0.4) is 0 Å². The summed E-state index contributed by atoms with van der Waals surface area (Å²) >= 11 is 0. The molecule has 0 aliphatic heterocycles. The Balaban J connectivity index is 2.02. The summed E-state index contributed by atoms with van der Waals surface area (Å²) in [5.74, 6) is 0.646. The first-order valence-electron chi connectivity index (χ1n) is 4.49. The van der Waals surface area contributed by atoms with E-state index in [0.717, 1.165) is 13.0 Å². The lowest BCUT2D eigenvalue weighted by molar-refractivity contribution is 0.0921. The second-order valence-electron chi connectivity index (χ2n) is 2.74. The topological polar surface area (TPSA) is 85.1 Å². The van der Waals surface area contributed by atoms with Crippen LogP contribution in [0.4, 0.5) is 5.95 Å². The summed E-state index contributed by atoms with van der Waals surface area (Å²) < 4.78 is 6.65. The maximum absolute atomic E-state index is 8.44. The van der Waals surface area contributed by atoms with E-state index in [2.05, 4.69) is 20.8 Å². The summed E-state index contributed by atoms with van der Waals surface area (Å²) in [5.41, 5.74) is 0.